The number of carbonyl (C=O) groups is 2. The second-order valence-electron chi connectivity index (χ2n) is 7.45. The highest BCUT2D eigenvalue weighted by molar-refractivity contribution is 7.10. The number of nitrogens with one attached hydrogen (secondary N) is 1. The number of amides is 1. The zero-order chi connectivity index (χ0) is 22.9. The smallest absolute Gasteiger partial charge is 0.338 e. The van der Waals surface area contributed by atoms with Gasteiger partial charge in [-0.05, 0) is 66.9 Å². The lowest BCUT2D eigenvalue weighted by Gasteiger charge is -2.25. The van der Waals surface area contributed by atoms with Crippen molar-refractivity contribution in [3.8, 4) is 17.0 Å². The summed E-state index contributed by atoms with van der Waals surface area (Å²) in [6.45, 7) is 2.07. The van der Waals surface area contributed by atoms with Gasteiger partial charge in [0.25, 0.3) is 5.91 Å². The molecule has 0 radical (unpaired) electrons. The van der Waals surface area contributed by atoms with Crippen molar-refractivity contribution in [3.05, 3.63) is 87.7 Å². The first-order valence-electron chi connectivity index (χ1n) is 10.5. The average molecular weight is 460 g/mol. The van der Waals surface area contributed by atoms with Gasteiger partial charge in [0.15, 0.2) is 0 Å². The summed E-state index contributed by atoms with van der Waals surface area (Å²) in [5.74, 6) is 0.197. The van der Waals surface area contributed by atoms with E-state index in [0.717, 1.165) is 27.4 Å². The number of aromatic nitrogens is 2. The minimum absolute atomic E-state index is 0.167. The Morgan fingerprint density at radius 3 is 2.52 bits per heavy atom. The summed E-state index contributed by atoms with van der Waals surface area (Å²) in [6, 6.07) is 18.2. The van der Waals surface area contributed by atoms with E-state index in [1.807, 2.05) is 41.8 Å². The molecule has 1 N–H and O–H groups in total. The van der Waals surface area contributed by atoms with Gasteiger partial charge in [0, 0.05) is 21.7 Å². The number of aromatic amines is 1. The number of thiophene rings is 1. The van der Waals surface area contributed by atoms with Crippen LogP contribution in [0.2, 0.25) is 0 Å². The summed E-state index contributed by atoms with van der Waals surface area (Å²) in [4.78, 5) is 28.3. The van der Waals surface area contributed by atoms with Gasteiger partial charge in [-0.25, -0.2) is 4.79 Å². The van der Waals surface area contributed by atoms with E-state index in [4.69, 9.17) is 9.47 Å². The lowest BCUT2D eigenvalue weighted by Crippen LogP contribution is -2.28. The standard InChI is InChI=1S/C25H21N3O4S/c1-3-32-25(30)16-6-10-17(11-7-16)28-23(19-5-4-14-33-19)20-21(26-27-22(20)24(28)29)15-8-12-18(31-2)13-9-15/h4-14,23H,3H2,1-2H3,(H,26,27)/t23-/m1/s1. The van der Waals surface area contributed by atoms with Crippen LogP contribution in [0.3, 0.4) is 0 Å². The third-order valence-corrected chi connectivity index (χ3v) is 6.53. The first kappa shape index (κ1) is 21.0. The Kier molecular flexibility index (Phi) is 5.43. The molecule has 0 spiro atoms. The van der Waals surface area contributed by atoms with Gasteiger partial charge >= 0.3 is 5.97 Å². The maximum absolute atomic E-state index is 13.5. The zero-order valence-electron chi connectivity index (χ0n) is 18.1. The summed E-state index contributed by atoms with van der Waals surface area (Å²) in [5, 5.41) is 9.44. The van der Waals surface area contributed by atoms with Crippen LogP contribution in [0.4, 0.5) is 5.69 Å². The molecule has 1 aliphatic heterocycles. The Morgan fingerprint density at radius 1 is 1.12 bits per heavy atom. The predicted molar refractivity (Wildman–Crippen MR) is 126 cm³/mol. The third-order valence-electron chi connectivity index (χ3n) is 5.60. The van der Waals surface area contributed by atoms with Gasteiger partial charge in [-0.1, -0.05) is 6.07 Å². The fraction of sp³-hybridized carbons (Fsp3) is 0.160. The van der Waals surface area contributed by atoms with E-state index >= 15 is 0 Å². The number of benzene rings is 2. The van der Waals surface area contributed by atoms with E-state index in [0.29, 0.717) is 23.6 Å². The van der Waals surface area contributed by atoms with Crippen molar-refractivity contribution in [2.45, 2.75) is 13.0 Å². The number of anilines is 1. The minimum atomic E-state index is -0.386. The molecule has 0 fully saturated rings. The van der Waals surface area contributed by atoms with E-state index in [1.165, 1.54) is 0 Å². The third kappa shape index (κ3) is 3.58. The average Bonchev–Trinajstić information content (AvgIpc) is 3.58. The van der Waals surface area contributed by atoms with E-state index in [-0.39, 0.29) is 17.9 Å². The summed E-state index contributed by atoms with van der Waals surface area (Å²) in [7, 11) is 1.62. The maximum Gasteiger partial charge on any atom is 0.338 e. The van der Waals surface area contributed by atoms with E-state index < -0.39 is 0 Å². The highest BCUT2D eigenvalue weighted by Gasteiger charge is 2.43. The number of ether oxygens (including phenoxy) is 2. The molecule has 0 bridgehead atoms. The molecule has 0 unspecified atom stereocenters. The van der Waals surface area contributed by atoms with Crippen molar-refractivity contribution in [3.63, 3.8) is 0 Å². The van der Waals surface area contributed by atoms with Crippen molar-refractivity contribution in [1.82, 2.24) is 10.2 Å². The van der Waals surface area contributed by atoms with Gasteiger partial charge in [-0.3, -0.25) is 14.8 Å². The fourth-order valence-corrected chi connectivity index (χ4v) is 4.89. The van der Waals surface area contributed by atoms with Crippen LogP contribution in [0.15, 0.2) is 66.0 Å². The molecule has 1 atom stereocenters. The lowest BCUT2D eigenvalue weighted by molar-refractivity contribution is 0.0526. The fourth-order valence-electron chi connectivity index (χ4n) is 4.07. The maximum atomic E-state index is 13.5. The summed E-state index contributed by atoms with van der Waals surface area (Å²) in [6.07, 6.45) is 0. The number of fused-ring (bicyclic) bond motifs is 1. The van der Waals surface area contributed by atoms with E-state index in [9.17, 15) is 9.59 Å². The SMILES string of the molecule is CCOC(=O)c1ccc(N2C(=O)c3[nH]nc(-c4ccc(OC)cc4)c3[C@H]2c2cccs2)cc1. The second-order valence-corrected chi connectivity index (χ2v) is 8.43. The van der Waals surface area contributed by atoms with Gasteiger partial charge in [0.05, 0.1) is 25.0 Å². The molecule has 4 aromatic rings. The molecule has 5 rings (SSSR count). The van der Waals surface area contributed by atoms with E-state index in [1.54, 1.807) is 54.5 Å². The number of carbonyl (C=O) groups excluding carboxylic acids is 2. The summed E-state index contributed by atoms with van der Waals surface area (Å²) >= 11 is 1.58. The molecule has 0 aliphatic carbocycles. The molecule has 2 aromatic carbocycles. The Bertz CT molecular complexity index is 1290. The van der Waals surface area contributed by atoms with Crippen molar-refractivity contribution in [2.75, 3.05) is 18.6 Å². The molecule has 0 saturated carbocycles. The first-order valence-corrected chi connectivity index (χ1v) is 11.4. The number of hydrogen-bond acceptors (Lipinski definition) is 6. The number of methoxy groups -OCH3 is 1. The molecular weight excluding hydrogens is 438 g/mol. The molecule has 7 nitrogen and oxygen atoms in total. The predicted octanol–water partition coefficient (Wildman–Crippen LogP) is 5.07. The Labute approximate surface area is 194 Å². The molecule has 0 saturated heterocycles. The highest BCUT2D eigenvalue weighted by atomic mass is 32.1. The monoisotopic (exact) mass is 459 g/mol. The molecule has 1 aliphatic rings. The number of hydrogen-bond donors (Lipinski definition) is 1. The van der Waals surface area contributed by atoms with Crippen LogP contribution in [0, 0.1) is 0 Å². The minimum Gasteiger partial charge on any atom is -0.497 e. The van der Waals surface area contributed by atoms with Crippen LogP contribution in [0.1, 0.15) is 44.3 Å². The zero-order valence-corrected chi connectivity index (χ0v) is 18.9. The number of H-pyrrole nitrogens is 1. The topological polar surface area (TPSA) is 84.5 Å². The second kappa shape index (κ2) is 8.55. The van der Waals surface area contributed by atoms with Gasteiger partial charge < -0.3 is 9.47 Å². The molecule has 3 heterocycles. The summed E-state index contributed by atoms with van der Waals surface area (Å²) < 4.78 is 10.3. The van der Waals surface area contributed by atoms with Crippen LogP contribution in [0.25, 0.3) is 11.3 Å². The molecular formula is C25H21N3O4S. The van der Waals surface area contributed by atoms with Gasteiger partial charge in [0.2, 0.25) is 0 Å². The van der Waals surface area contributed by atoms with Crippen LogP contribution in [-0.2, 0) is 4.74 Å². The van der Waals surface area contributed by atoms with Crippen LogP contribution >= 0.6 is 11.3 Å². The van der Waals surface area contributed by atoms with Crippen LogP contribution < -0.4 is 9.64 Å². The Hall–Kier alpha value is -3.91. The first-order chi connectivity index (χ1) is 16.1. The van der Waals surface area contributed by atoms with Crippen molar-refractivity contribution in [2.24, 2.45) is 0 Å². The molecule has 2 aromatic heterocycles. The molecule has 1 amide bonds. The van der Waals surface area contributed by atoms with Gasteiger partial charge in [-0.15, -0.1) is 11.3 Å². The van der Waals surface area contributed by atoms with Crippen molar-refractivity contribution >= 4 is 28.9 Å². The molecule has 33 heavy (non-hydrogen) atoms. The number of nitrogens with zero attached hydrogens (tertiary/aromatic N) is 2. The quantitative estimate of drug-likeness (QED) is 0.407. The number of esters is 1. The normalized spacial score (nSPS) is 14.9. The largest absolute Gasteiger partial charge is 0.497 e. The van der Waals surface area contributed by atoms with E-state index in [2.05, 4.69) is 10.2 Å². The van der Waals surface area contributed by atoms with Crippen LogP contribution in [-0.4, -0.2) is 35.8 Å². The van der Waals surface area contributed by atoms with Gasteiger partial charge in [-0.2, -0.15) is 5.10 Å². The summed E-state index contributed by atoms with van der Waals surface area (Å²) in [5.41, 5.74) is 4.05. The highest BCUT2D eigenvalue weighted by Crippen LogP contribution is 2.46. The van der Waals surface area contributed by atoms with Gasteiger partial charge in [0.1, 0.15) is 17.5 Å². The Morgan fingerprint density at radius 2 is 1.88 bits per heavy atom. The molecule has 8 heteroatoms. The van der Waals surface area contributed by atoms with Crippen molar-refractivity contribution in [1.29, 1.82) is 0 Å². The van der Waals surface area contributed by atoms with Crippen LogP contribution in [0.5, 0.6) is 5.75 Å². The molecule has 166 valence electrons. The number of rotatable bonds is 6. The lowest BCUT2D eigenvalue weighted by atomic mass is 10.0. The Balaban J connectivity index is 1.59. The van der Waals surface area contributed by atoms with Crippen molar-refractivity contribution < 1.29 is 19.1 Å².